The molecule has 0 aliphatic carbocycles. The summed E-state index contributed by atoms with van der Waals surface area (Å²) in [7, 11) is -2.09. The highest BCUT2D eigenvalue weighted by Crippen LogP contribution is 2.27. The van der Waals surface area contributed by atoms with Gasteiger partial charge in [0, 0.05) is 11.1 Å². The topological polar surface area (TPSA) is 19.9 Å². The number of rotatable bonds is 4. The van der Waals surface area contributed by atoms with Gasteiger partial charge in [0.25, 0.3) is 0 Å². The third-order valence-corrected chi connectivity index (χ3v) is 6.38. The highest BCUT2D eigenvalue weighted by atomic mass is 28.3. The molecular formula is C16H19OSi. The van der Waals surface area contributed by atoms with E-state index in [4.69, 9.17) is 0 Å². The summed E-state index contributed by atoms with van der Waals surface area (Å²) in [5, 5.41) is 0. The molecule has 18 heavy (non-hydrogen) atoms. The van der Waals surface area contributed by atoms with Crippen molar-refractivity contribution in [1.82, 2.24) is 0 Å². The van der Waals surface area contributed by atoms with Gasteiger partial charge in [0.15, 0.2) is 0 Å². The van der Waals surface area contributed by atoms with Crippen LogP contribution in [-0.2, 0) is 4.80 Å². The van der Waals surface area contributed by atoms with Gasteiger partial charge in [0.1, 0.15) is 0 Å². The van der Waals surface area contributed by atoms with Crippen LogP contribution in [0.4, 0.5) is 0 Å². The van der Waals surface area contributed by atoms with E-state index in [1.54, 1.807) is 0 Å². The molecule has 2 unspecified atom stereocenters. The molecule has 2 rings (SSSR count). The van der Waals surface area contributed by atoms with Gasteiger partial charge in [-0.1, -0.05) is 74.5 Å². The maximum Gasteiger partial charge on any atom is 0.236 e. The largest absolute Gasteiger partial charge is 0.300 e. The molecule has 93 valence electrons. The fourth-order valence-corrected chi connectivity index (χ4v) is 4.39. The SMILES string of the molecule is CC(c1ccccc1)[SiH]([O])C(C)c1ccccc1. The van der Waals surface area contributed by atoms with Crippen LogP contribution in [0.15, 0.2) is 60.7 Å². The average Bonchev–Trinajstić information content (AvgIpc) is 2.47. The van der Waals surface area contributed by atoms with Gasteiger partial charge in [-0.25, -0.2) is 0 Å². The van der Waals surface area contributed by atoms with Gasteiger partial charge in [-0.2, -0.15) is 0 Å². The van der Waals surface area contributed by atoms with Crippen molar-refractivity contribution in [3.8, 4) is 0 Å². The van der Waals surface area contributed by atoms with Crippen molar-refractivity contribution in [2.24, 2.45) is 0 Å². The first kappa shape index (κ1) is 13.1. The summed E-state index contributed by atoms with van der Waals surface area (Å²) in [6.45, 7) is 4.16. The summed E-state index contributed by atoms with van der Waals surface area (Å²) < 4.78 is 0. The molecule has 0 fully saturated rings. The molecule has 0 N–H and O–H groups in total. The third kappa shape index (κ3) is 2.89. The molecule has 0 heterocycles. The fraction of sp³-hybridized carbons (Fsp3) is 0.250. The van der Waals surface area contributed by atoms with Crippen molar-refractivity contribution in [3.05, 3.63) is 71.8 Å². The van der Waals surface area contributed by atoms with Crippen LogP contribution in [0.1, 0.15) is 36.1 Å². The van der Waals surface area contributed by atoms with E-state index in [-0.39, 0.29) is 11.1 Å². The summed E-state index contributed by atoms with van der Waals surface area (Å²) in [6.07, 6.45) is 0. The Morgan fingerprint density at radius 2 is 1.06 bits per heavy atom. The Bertz CT molecular complexity index is 423. The minimum absolute atomic E-state index is 0.168. The van der Waals surface area contributed by atoms with Gasteiger partial charge in [-0.05, 0) is 11.1 Å². The quantitative estimate of drug-likeness (QED) is 0.740. The van der Waals surface area contributed by atoms with Gasteiger partial charge in [0.2, 0.25) is 9.04 Å². The number of hydrogen-bond acceptors (Lipinski definition) is 0. The maximum absolute atomic E-state index is 12.7. The van der Waals surface area contributed by atoms with E-state index in [9.17, 15) is 4.80 Å². The van der Waals surface area contributed by atoms with Crippen molar-refractivity contribution in [2.75, 3.05) is 0 Å². The second kappa shape index (κ2) is 5.98. The summed E-state index contributed by atoms with van der Waals surface area (Å²) in [6, 6.07) is 20.3. The first-order valence-corrected chi connectivity index (χ1v) is 8.26. The van der Waals surface area contributed by atoms with Gasteiger partial charge in [-0.3, -0.25) is 0 Å². The lowest BCUT2D eigenvalue weighted by Gasteiger charge is -2.21. The maximum atomic E-state index is 12.7. The van der Waals surface area contributed by atoms with Crippen LogP contribution in [0.3, 0.4) is 0 Å². The first-order valence-electron chi connectivity index (χ1n) is 6.46. The predicted molar refractivity (Wildman–Crippen MR) is 77.5 cm³/mol. The lowest BCUT2D eigenvalue weighted by atomic mass is 10.1. The highest BCUT2D eigenvalue weighted by molar-refractivity contribution is 6.53. The fourth-order valence-electron chi connectivity index (χ4n) is 2.33. The Morgan fingerprint density at radius 3 is 1.39 bits per heavy atom. The van der Waals surface area contributed by atoms with E-state index >= 15 is 0 Å². The van der Waals surface area contributed by atoms with E-state index in [2.05, 4.69) is 38.1 Å². The van der Waals surface area contributed by atoms with E-state index in [0.717, 1.165) is 0 Å². The Morgan fingerprint density at radius 1 is 0.722 bits per heavy atom. The molecule has 0 bridgehead atoms. The van der Waals surface area contributed by atoms with Gasteiger partial charge in [-0.15, -0.1) is 0 Å². The summed E-state index contributed by atoms with van der Waals surface area (Å²) in [4.78, 5) is 12.7. The van der Waals surface area contributed by atoms with Crippen LogP contribution < -0.4 is 0 Å². The molecule has 0 saturated heterocycles. The Hall–Kier alpha value is -1.38. The van der Waals surface area contributed by atoms with Crippen molar-refractivity contribution in [2.45, 2.75) is 24.9 Å². The lowest BCUT2D eigenvalue weighted by molar-refractivity contribution is 0.423. The molecule has 2 heteroatoms. The second-order valence-electron chi connectivity index (χ2n) is 4.86. The zero-order valence-corrected chi connectivity index (χ0v) is 12.1. The van der Waals surface area contributed by atoms with Crippen LogP contribution in [-0.4, -0.2) is 9.04 Å². The van der Waals surface area contributed by atoms with Gasteiger partial charge < -0.3 is 4.80 Å². The predicted octanol–water partition coefficient (Wildman–Crippen LogP) is 3.83. The minimum atomic E-state index is -2.09. The molecule has 0 aliphatic rings. The molecule has 2 aromatic carbocycles. The molecule has 0 aliphatic heterocycles. The standard InChI is InChI=1S/C16H19OSi/c1-13(15-9-5-3-6-10-15)18(17)14(2)16-11-7-4-8-12-16/h3-14,18H,1-2H3. The smallest absolute Gasteiger partial charge is 0.236 e. The molecule has 2 atom stereocenters. The van der Waals surface area contributed by atoms with Crippen LogP contribution >= 0.6 is 0 Å². The van der Waals surface area contributed by atoms with E-state index in [0.29, 0.717) is 0 Å². The molecule has 0 spiro atoms. The zero-order chi connectivity index (χ0) is 13.0. The van der Waals surface area contributed by atoms with Crippen molar-refractivity contribution in [3.63, 3.8) is 0 Å². The molecule has 0 saturated carbocycles. The summed E-state index contributed by atoms with van der Waals surface area (Å²) in [5.74, 6) is 0. The molecule has 1 nitrogen and oxygen atoms in total. The van der Waals surface area contributed by atoms with Crippen LogP contribution in [0.25, 0.3) is 0 Å². The van der Waals surface area contributed by atoms with E-state index in [1.807, 2.05) is 36.4 Å². The van der Waals surface area contributed by atoms with Crippen LogP contribution in [0, 0.1) is 0 Å². The molecular weight excluding hydrogens is 236 g/mol. The van der Waals surface area contributed by atoms with Crippen molar-refractivity contribution >= 4 is 9.04 Å². The van der Waals surface area contributed by atoms with Crippen molar-refractivity contribution in [1.29, 1.82) is 0 Å². The Balaban J connectivity index is 2.14. The van der Waals surface area contributed by atoms with E-state index in [1.165, 1.54) is 11.1 Å². The first-order chi connectivity index (χ1) is 8.70. The van der Waals surface area contributed by atoms with Gasteiger partial charge in [0.05, 0.1) is 0 Å². The number of hydrogen-bond donors (Lipinski definition) is 0. The van der Waals surface area contributed by atoms with Gasteiger partial charge >= 0.3 is 0 Å². The molecule has 0 amide bonds. The van der Waals surface area contributed by atoms with Crippen LogP contribution in [0.2, 0.25) is 0 Å². The third-order valence-electron chi connectivity index (χ3n) is 3.64. The Kier molecular flexibility index (Phi) is 4.34. The summed E-state index contributed by atoms with van der Waals surface area (Å²) in [5.41, 5.74) is 2.71. The monoisotopic (exact) mass is 255 g/mol. The molecule has 0 aromatic heterocycles. The van der Waals surface area contributed by atoms with E-state index < -0.39 is 9.04 Å². The highest BCUT2D eigenvalue weighted by Gasteiger charge is 2.27. The zero-order valence-electron chi connectivity index (χ0n) is 10.9. The van der Waals surface area contributed by atoms with Crippen LogP contribution in [0.5, 0.6) is 0 Å². The molecule has 2 aromatic rings. The lowest BCUT2D eigenvalue weighted by Crippen LogP contribution is -2.27. The van der Waals surface area contributed by atoms with Crippen molar-refractivity contribution < 1.29 is 4.80 Å². The summed E-state index contributed by atoms with van der Waals surface area (Å²) >= 11 is 0. The normalized spacial score (nSPS) is 15.9. The average molecular weight is 255 g/mol. The Labute approximate surface area is 111 Å². The second-order valence-corrected chi connectivity index (χ2v) is 7.79. The minimum Gasteiger partial charge on any atom is -0.300 e. The molecule has 1 radical (unpaired) electrons. The number of benzene rings is 2.